The van der Waals surface area contributed by atoms with Crippen molar-refractivity contribution < 1.29 is 9.53 Å². The van der Waals surface area contributed by atoms with Crippen LogP contribution < -0.4 is 0 Å². The predicted octanol–water partition coefficient (Wildman–Crippen LogP) is 4.71. The van der Waals surface area contributed by atoms with Crippen molar-refractivity contribution >= 4 is 27.4 Å². The van der Waals surface area contributed by atoms with Gasteiger partial charge in [0.25, 0.3) is 0 Å². The Hall–Kier alpha value is -2.99. The number of aryl methyl sites for hydroxylation is 1. The standard InChI is InChI=1S/C23H20BrN3O2/c1-29-23(28)20-9-5-8-18(25-20)14-19-21-11-10-16(12-13-24)15-27(21)26-22(19)17-6-3-2-4-7-17/h2-11,15H,12-14H2,1H3. The van der Waals surface area contributed by atoms with Gasteiger partial charge < -0.3 is 4.74 Å². The van der Waals surface area contributed by atoms with Gasteiger partial charge in [-0.3, -0.25) is 0 Å². The van der Waals surface area contributed by atoms with Crippen LogP contribution in [0.4, 0.5) is 0 Å². The Bertz CT molecular complexity index is 1160. The minimum Gasteiger partial charge on any atom is -0.464 e. The summed E-state index contributed by atoms with van der Waals surface area (Å²) in [6.45, 7) is 0. The molecule has 0 unspecified atom stereocenters. The third-order valence-electron chi connectivity index (χ3n) is 4.78. The molecule has 4 rings (SSSR count). The van der Waals surface area contributed by atoms with Crippen LogP contribution in [-0.4, -0.2) is 33.0 Å². The van der Waals surface area contributed by atoms with Crippen molar-refractivity contribution in [2.75, 3.05) is 12.4 Å². The van der Waals surface area contributed by atoms with Crippen LogP contribution in [0.1, 0.15) is 27.3 Å². The monoisotopic (exact) mass is 449 g/mol. The number of carbonyl (C=O) groups is 1. The normalized spacial score (nSPS) is 11.0. The van der Waals surface area contributed by atoms with E-state index in [4.69, 9.17) is 9.84 Å². The second-order valence-corrected chi connectivity index (χ2v) is 7.47. The Balaban J connectivity index is 1.82. The summed E-state index contributed by atoms with van der Waals surface area (Å²) < 4.78 is 6.75. The summed E-state index contributed by atoms with van der Waals surface area (Å²) in [6, 6.07) is 19.8. The second kappa shape index (κ2) is 8.57. The first kappa shape index (κ1) is 19.3. The maximum absolute atomic E-state index is 11.9. The molecule has 0 atom stereocenters. The molecule has 5 nitrogen and oxygen atoms in total. The molecule has 0 aliphatic heterocycles. The van der Waals surface area contributed by atoms with Gasteiger partial charge in [0.05, 0.1) is 18.3 Å². The van der Waals surface area contributed by atoms with Gasteiger partial charge in [-0.1, -0.05) is 58.4 Å². The summed E-state index contributed by atoms with van der Waals surface area (Å²) in [7, 11) is 1.36. The molecule has 0 spiro atoms. The lowest BCUT2D eigenvalue weighted by Gasteiger charge is -2.06. The van der Waals surface area contributed by atoms with Gasteiger partial charge in [0, 0.05) is 34.8 Å². The highest BCUT2D eigenvalue weighted by Crippen LogP contribution is 2.28. The molecule has 0 aliphatic carbocycles. The molecule has 0 saturated heterocycles. The van der Waals surface area contributed by atoms with Crippen LogP contribution in [0.25, 0.3) is 16.8 Å². The van der Waals surface area contributed by atoms with E-state index in [1.807, 2.05) is 34.8 Å². The quantitative estimate of drug-likeness (QED) is 0.315. The zero-order chi connectivity index (χ0) is 20.2. The van der Waals surface area contributed by atoms with Gasteiger partial charge in [0.15, 0.2) is 0 Å². The molecule has 0 aliphatic rings. The minimum absolute atomic E-state index is 0.308. The Kier molecular flexibility index (Phi) is 5.71. The topological polar surface area (TPSA) is 56.5 Å². The van der Waals surface area contributed by atoms with Crippen LogP contribution in [0.15, 0.2) is 66.9 Å². The van der Waals surface area contributed by atoms with Gasteiger partial charge in [-0.05, 0) is 30.2 Å². The molecule has 0 saturated carbocycles. The van der Waals surface area contributed by atoms with Crippen molar-refractivity contribution in [3.63, 3.8) is 0 Å². The lowest BCUT2D eigenvalue weighted by atomic mass is 10.0. The smallest absolute Gasteiger partial charge is 0.356 e. The van der Waals surface area contributed by atoms with E-state index in [9.17, 15) is 4.79 Å². The van der Waals surface area contributed by atoms with Gasteiger partial charge in [-0.25, -0.2) is 14.3 Å². The largest absolute Gasteiger partial charge is 0.464 e. The number of nitrogens with zero attached hydrogens (tertiary/aromatic N) is 3. The molecular formula is C23H20BrN3O2. The van der Waals surface area contributed by atoms with Gasteiger partial charge >= 0.3 is 5.97 Å². The number of hydrogen-bond acceptors (Lipinski definition) is 4. The van der Waals surface area contributed by atoms with Crippen LogP contribution in [0.3, 0.4) is 0 Å². The van der Waals surface area contributed by atoms with E-state index in [0.717, 1.165) is 39.8 Å². The Labute approximate surface area is 177 Å². The molecule has 1 aromatic carbocycles. The van der Waals surface area contributed by atoms with Crippen molar-refractivity contribution in [1.29, 1.82) is 0 Å². The number of ether oxygens (including phenoxy) is 1. The molecule has 0 amide bonds. The lowest BCUT2D eigenvalue weighted by molar-refractivity contribution is 0.0593. The third kappa shape index (κ3) is 4.07. The summed E-state index contributed by atoms with van der Waals surface area (Å²) in [4.78, 5) is 16.4. The molecule has 4 aromatic rings. The zero-order valence-electron chi connectivity index (χ0n) is 16.0. The van der Waals surface area contributed by atoms with Crippen molar-refractivity contribution in [3.8, 4) is 11.3 Å². The number of fused-ring (bicyclic) bond motifs is 1. The number of rotatable bonds is 6. The number of pyridine rings is 2. The number of esters is 1. The highest BCUT2D eigenvalue weighted by molar-refractivity contribution is 9.09. The summed E-state index contributed by atoms with van der Waals surface area (Å²) in [5.74, 6) is -0.436. The van der Waals surface area contributed by atoms with Crippen LogP contribution in [0.2, 0.25) is 0 Å². The Morgan fingerprint density at radius 2 is 1.90 bits per heavy atom. The van der Waals surface area contributed by atoms with Crippen LogP contribution in [0, 0.1) is 0 Å². The van der Waals surface area contributed by atoms with Crippen molar-refractivity contribution in [2.45, 2.75) is 12.8 Å². The highest BCUT2D eigenvalue weighted by atomic mass is 79.9. The Morgan fingerprint density at radius 1 is 1.07 bits per heavy atom. The molecule has 3 aromatic heterocycles. The maximum atomic E-state index is 11.9. The minimum atomic E-state index is -0.436. The van der Waals surface area contributed by atoms with E-state index in [1.54, 1.807) is 6.07 Å². The number of halogens is 1. The molecule has 0 N–H and O–H groups in total. The first-order chi connectivity index (χ1) is 14.2. The van der Waals surface area contributed by atoms with Crippen molar-refractivity contribution in [1.82, 2.24) is 14.6 Å². The molecular weight excluding hydrogens is 430 g/mol. The summed E-state index contributed by atoms with van der Waals surface area (Å²) in [6.07, 6.45) is 3.58. The number of methoxy groups -OCH3 is 1. The average Bonchev–Trinajstić information content (AvgIpc) is 3.12. The first-order valence-corrected chi connectivity index (χ1v) is 10.5. The summed E-state index contributed by atoms with van der Waals surface area (Å²) in [5.41, 5.74) is 6.41. The van der Waals surface area contributed by atoms with Crippen LogP contribution in [-0.2, 0) is 17.6 Å². The number of carbonyl (C=O) groups excluding carboxylic acids is 1. The van der Waals surface area contributed by atoms with Crippen LogP contribution >= 0.6 is 15.9 Å². The lowest BCUT2D eigenvalue weighted by Crippen LogP contribution is -2.06. The third-order valence-corrected chi connectivity index (χ3v) is 5.18. The molecule has 3 heterocycles. The molecule has 29 heavy (non-hydrogen) atoms. The fraction of sp³-hybridized carbons (Fsp3) is 0.174. The van der Waals surface area contributed by atoms with E-state index in [-0.39, 0.29) is 0 Å². The maximum Gasteiger partial charge on any atom is 0.356 e. The van der Waals surface area contributed by atoms with Gasteiger partial charge in [-0.2, -0.15) is 5.10 Å². The van der Waals surface area contributed by atoms with E-state index >= 15 is 0 Å². The van der Waals surface area contributed by atoms with Gasteiger partial charge in [0.1, 0.15) is 5.69 Å². The van der Waals surface area contributed by atoms with Gasteiger partial charge in [0.2, 0.25) is 0 Å². The molecule has 0 radical (unpaired) electrons. The summed E-state index contributed by atoms with van der Waals surface area (Å²) >= 11 is 3.50. The van der Waals surface area contributed by atoms with Crippen molar-refractivity contribution in [3.05, 3.63) is 89.4 Å². The summed E-state index contributed by atoms with van der Waals surface area (Å²) in [5, 5.41) is 5.78. The number of hydrogen-bond donors (Lipinski definition) is 0. The predicted molar refractivity (Wildman–Crippen MR) is 117 cm³/mol. The molecule has 6 heteroatoms. The average molecular weight is 450 g/mol. The van der Waals surface area contributed by atoms with E-state index < -0.39 is 5.97 Å². The van der Waals surface area contributed by atoms with E-state index in [2.05, 4.69) is 51.4 Å². The van der Waals surface area contributed by atoms with Crippen LogP contribution in [0.5, 0.6) is 0 Å². The van der Waals surface area contributed by atoms with E-state index in [1.165, 1.54) is 12.7 Å². The zero-order valence-corrected chi connectivity index (χ0v) is 17.6. The fourth-order valence-corrected chi connectivity index (χ4v) is 3.84. The highest BCUT2D eigenvalue weighted by Gasteiger charge is 2.17. The molecule has 0 bridgehead atoms. The fourth-order valence-electron chi connectivity index (χ4n) is 3.38. The first-order valence-electron chi connectivity index (χ1n) is 9.35. The second-order valence-electron chi connectivity index (χ2n) is 6.68. The number of aromatic nitrogens is 3. The van der Waals surface area contributed by atoms with E-state index in [0.29, 0.717) is 12.1 Å². The molecule has 0 fully saturated rings. The SMILES string of the molecule is COC(=O)c1cccc(Cc2c(-c3ccccc3)nn3cc(CCBr)ccc23)n1. The molecule has 146 valence electrons. The van der Waals surface area contributed by atoms with Gasteiger partial charge in [-0.15, -0.1) is 0 Å². The Morgan fingerprint density at radius 3 is 2.66 bits per heavy atom. The van der Waals surface area contributed by atoms with Crippen molar-refractivity contribution in [2.24, 2.45) is 0 Å². The number of benzene rings is 1. The number of alkyl halides is 1.